The van der Waals surface area contributed by atoms with E-state index in [0.717, 1.165) is 11.1 Å². The van der Waals surface area contributed by atoms with Crippen molar-refractivity contribution in [1.29, 1.82) is 0 Å². The molecule has 0 saturated carbocycles. The van der Waals surface area contributed by atoms with Crippen molar-refractivity contribution in [2.24, 2.45) is 0 Å². The summed E-state index contributed by atoms with van der Waals surface area (Å²) >= 11 is 6.08. The highest BCUT2D eigenvalue weighted by atomic mass is 35.5. The molecule has 0 amide bonds. The van der Waals surface area contributed by atoms with Crippen molar-refractivity contribution in [3.05, 3.63) is 40.7 Å². The number of rotatable bonds is 5. The van der Waals surface area contributed by atoms with Gasteiger partial charge in [-0.1, -0.05) is 11.6 Å². The third-order valence-corrected chi connectivity index (χ3v) is 3.47. The molecule has 1 aliphatic rings. The van der Waals surface area contributed by atoms with Crippen LogP contribution in [0.2, 0.25) is 5.02 Å². The molecular formula is C15H15ClN2O4. The van der Waals surface area contributed by atoms with Gasteiger partial charge in [-0.3, -0.25) is 9.48 Å². The van der Waals surface area contributed by atoms with Crippen LogP contribution in [-0.4, -0.2) is 22.5 Å². The standard InChI is InChI=1S/C15H15ClN2O4/c1-10-6-17-18(7-10)3-2-14(19)20-8-11-4-12(16)15-13(5-11)21-9-22-15/h4-7H,2-3,8-9H2,1H3. The van der Waals surface area contributed by atoms with Gasteiger partial charge in [-0.15, -0.1) is 0 Å². The summed E-state index contributed by atoms with van der Waals surface area (Å²) in [7, 11) is 0. The van der Waals surface area contributed by atoms with Gasteiger partial charge in [-0.2, -0.15) is 5.10 Å². The number of ether oxygens (including phenoxy) is 3. The van der Waals surface area contributed by atoms with Crippen LogP contribution in [0.25, 0.3) is 0 Å². The van der Waals surface area contributed by atoms with Crippen molar-refractivity contribution in [3.8, 4) is 11.5 Å². The molecule has 0 saturated heterocycles. The van der Waals surface area contributed by atoms with Crippen LogP contribution in [0.1, 0.15) is 17.5 Å². The second-order valence-electron chi connectivity index (χ2n) is 5.00. The van der Waals surface area contributed by atoms with Gasteiger partial charge in [-0.25, -0.2) is 0 Å². The molecule has 0 unspecified atom stereocenters. The Morgan fingerprint density at radius 2 is 2.32 bits per heavy atom. The van der Waals surface area contributed by atoms with E-state index in [2.05, 4.69) is 5.10 Å². The molecule has 1 aromatic carbocycles. The number of fused-ring (bicyclic) bond motifs is 1. The maximum atomic E-state index is 11.8. The summed E-state index contributed by atoms with van der Waals surface area (Å²) in [5.74, 6) is 0.818. The van der Waals surface area contributed by atoms with Crippen LogP contribution in [0.3, 0.4) is 0 Å². The largest absolute Gasteiger partial charge is 0.461 e. The van der Waals surface area contributed by atoms with Crippen LogP contribution in [-0.2, 0) is 22.7 Å². The Bertz CT molecular complexity index is 699. The molecular weight excluding hydrogens is 308 g/mol. The SMILES string of the molecule is Cc1cnn(CCC(=O)OCc2cc(Cl)c3c(c2)OCO3)c1. The predicted molar refractivity (Wildman–Crippen MR) is 79.0 cm³/mol. The van der Waals surface area contributed by atoms with E-state index in [9.17, 15) is 4.79 Å². The van der Waals surface area contributed by atoms with E-state index in [0.29, 0.717) is 23.1 Å². The summed E-state index contributed by atoms with van der Waals surface area (Å²) in [6.45, 7) is 2.74. The minimum Gasteiger partial charge on any atom is -0.461 e. The third kappa shape index (κ3) is 3.33. The summed E-state index contributed by atoms with van der Waals surface area (Å²) in [5.41, 5.74) is 1.82. The second kappa shape index (κ2) is 6.27. The molecule has 0 N–H and O–H groups in total. The van der Waals surface area contributed by atoms with E-state index in [1.807, 2.05) is 13.1 Å². The number of esters is 1. The first-order chi connectivity index (χ1) is 10.6. The Kier molecular flexibility index (Phi) is 4.20. The van der Waals surface area contributed by atoms with E-state index in [1.165, 1.54) is 0 Å². The molecule has 22 heavy (non-hydrogen) atoms. The molecule has 2 aromatic rings. The second-order valence-corrected chi connectivity index (χ2v) is 5.41. The fourth-order valence-electron chi connectivity index (χ4n) is 2.14. The number of aromatic nitrogens is 2. The fourth-order valence-corrected chi connectivity index (χ4v) is 2.42. The lowest BCUT2D eigenvalue weighted by molar-refractivity contribution is -0.145. The fraction of sp³-hybridized carbons (Fsp3) is 0.333. The Labute approximate surface area is 132 Å². The molecule has 0 atom stereocenters. The lowest BCUT2D eigenvalue weighted by atomic mass is 10.2. The molecule has 0 spiro atoms. The minimum atomic E-state index is -0.290. The van der Waals surface area contributed by atoms with Gasteiger partial charge >= 0.3 is 5.97 Å². The zero-order valence-corrected chi connectivity index (χ0v) is 12.8. The average molecular weight is 323 g/mol. The van der Waals surface area contributed by atoms with Crippen molar-refractivity contribution < 1.29 is 19.0 Å². The minimum absolute atomic E-state index is 0.146. The number of halogens is 1. The maximum absolute atomic E-state index is 11.8. The van der Waals surface area contributed by atoms with Crippen molar-refractivity contribution in [2.45, 2.75) is 26.5 Å². The molecule has 2 heterocycles. The number of hydrogen-bond acceptors (Lipinski definition) is 5. The number of benzene rings is 1. The summed E-state index contributed by atoms with van der Waals surface area (Å²) in [6.07, 6.45) is 3.89. The summed E-state index contributed by atoms with van der Waals surface area (Å²) in [4.78, 5) is 11.8. The Morgan fingerprint density at radius 3 is 3.09 bits per heavy atom. The van der Waals surface area contributed by atoms with Gasteiger partial charge in [0.1, 0.15) is 6.61 Å². The normalized spacial score (nSPS) is 12.5. The molecule has 1 aromatic heterocycles. The first-order valence-corrected chi connectivity index (χ1v) is 7.22. The van der Waals surface area contributed by atoms with Crippen LogP contribution in [0.4, 0.5) is 0 Å². The highest BCUT2D eigenvalue weighted by Crippen LogP contribution is 2.39. The zero-order chi connectivity index (χ0) is 15.5. The van der Waals surface area contributed by atoms with E-state index >= 15 is 0 Å². The predicted octanol–water partition coefficient (Wildman–Crippen LogP) is 2.71. The maximum Gasteiger partial charge on any atom is 0.308 e. The van der Waals surface area contributed by atoms with Gasteiger partial charge in [0.05, 0.1) is 24.2 Å². The van der Waals surface area contributed by atoms with Crippen LogP contribution in [0.5, 0.6) is 11.5 Å². The molecule has 116 valence electrons. The highest BCUT2D eigenvalue weighted by molar-refractivity contribution is 6.32. The van der Waals surface area contributed by atoms with Crippen LogP contribution >= 0.6 is 11.6 Å². The van der Waals surface area contributed by atoms with E-state index in [4.69, 9.17) is 25.8 Å². The summed E-state index contributed by atoms with van der Waals surface area (Å²) < 4.78 is 17.5. The molecule has 6 nitrogen and oxygen atoms in total. The molecule has 0 fully saturated rings. The van der Waals surface area contributed by atoms with Crippen molar-refractivity contribution >= 4 is 17.6 Å². The molecule has 7 heteroatoms. The number of carbonyl (C=O) groups excluding carboxylic acids is 1. The lowest BCUT2D eigenvalue weighted by Gasteiger charge is -2.07. The smallest absolute Gasteiger partial charge is 0.308 e. The van der Waals surface area contributed by atoms with Crippen LogP contribution in [0, 0.1) is 6.92 Å². The summed E-state index contributed by atoms with van der Waals surface area (Å²) in [5, 5.41) is 4.57. The quantitative estimate of drug-likeness (QED) is 0.792. The number of carbonyl (C=O) groups is 1. The number of hydrogen-bond donors (Lipinski definition) is 0. The van der Waals surface area contributed by atoms with E-state index < -0.39 is 0 Å². The molecule has 0 aliphatic carbocycles. The van der Waals surface area contributed by atoms with Gasteiger partial charge < -0.3 is 14.2 Å². The van der Waals surface area contributed by atoms with Gasteiger partial charge in [0, 0.05) is 6.20 Å². The Morgan fingerprint density at radius 1 is 1.45 bits per heavy atom. The van der Waals surface area contributed by atoms with Crippen molar-refractivity contribution in [2.75, 3.05) is 6.79 Å². The summed E-state index contributed by atoms with van der Waals surface area (Å²) in [6, 6.07) is 3.47. The molecule has 0 bridgehead atoms. The van der Waals surface area contributed by atoms with Gasteiger partial charge in [0.2, 0.25) is 6.79 Å². The molecule has 0 radical (unpaired) electrons. The Hall–Kier alpha value is -2.21. The van der Waals surface area contributed by atoms with Gasteiger partial charge in [0.15, 0.2) is 11.5 Å². The van der Waals surface area contributed by atoms with Crippen molar-refractivity contribution in [1.82, 2.24) is 9.78 Å². The topological polar surface area (TPSA) is 62.6 Å². The first kappa shape index (κ1) is 14.7. The van der Waals surface area contributed by atoms with Crippen LogP contribution in [0.15, 0.2) is 24.5 Å². The first-order valence-electron chi connectivity index (χ1n) is 6.84. The molecule has 3 rings (SSSR count). The van der Waals surface area contributed by atoms with Crippen LogP contribution < -0.4 is 9.47 Å². The monoisotopic (exact) mass is 322 g/mol. The van der Waals surface area contributed by atoms with Gasteiger partial charge in [0.25, 0.3) is 0 Å². The average Bonchev–Trinajstić information content (AvgIpc) is 3.12. The van der Waals surface area contributed by atoms with E-state index in [1.54, 1.807) is 23.0 Å². The van der Waals surface area contributed by atoms with Gasteiger partial charge in [-0.05, 0) is 30.2 Å². The Balaban J connectivity index is 1.52. The number of nitrogens with zero attached hydrogens (tertiary/aromatic N) is 2. The lowest BCUT2D eigenvalue weighted by Crippen LogP contribution is -2.09. The number of aryl methyl sites for hydroxylation is 2. The third-order valence-electron chi connectivity index (χ3n) is 3.19. The molecule has 1 aliphatic heterocycles. The zero-order valence-electron chi connectivity index (χ0n) is 12.0. The highest BCUT2D eigenvalue weighted by Gasteiger charge is 2.18. The van der Waals surface area contributed by atoms with Crippen molar-refractivity contribution in [3.63, 3.8) is 0 Å². The van der Waals surface area contributed by atoms with E-state index in [-0.39, 0.29) is 25.8 Å².